The summed E-state index contributed by atoms with van der Waals surface area (Å²) in [5.41, 5.74) is 0. The number of nitrogens with one attached hydrogen (secondary N) is 4. The van der Waals surface area contributed by atoms with Gasteiger partial charge in [-0.05, 0) is 44.6 Å². The zero-order valence-electron chi connectivity index (χ0n) is 45.2. The summed E-state index contributed by atoms with van der Waals surface area (Å²) in [6, 6.07) is -6.77. The van der Waals surface area contributed by atoms with E-state index in [1.807, 2.05) is 0 Å². The Morgan fingerprint density at radius 1 is 0.532 bits per heavy atom. The van der Waals surface area contributed by atoms with E-state index in [2.05, 4.69) is 44.5 Å². The van der Waals surface area contributed by atoms with Crippen molar-refractivity contribution in [3.05, 3.63) is 24.3 Å². The van der Waals surface area contributed by atoms with Crippen LogP contribution in [0, 0.1) is 0 Å². The molecule has 0 radical (unpaired) electrons. The number of allylic oxidation sites excluding steroid dienone is 3. The molecule has 4 amide bonds. The summed E-state index contributed by atoms with van der Waals surface area (Å²) in [5.74, 6) is -3.95. The maximum Gasteiger partial charge on any atom is 1.00 e. The Balaban J connectivity index is 0.0000164. The molecule has 29 nitrogen and oxygen atoms in total. The van der Waals surface area contributed by atoms with Gasteiger partial charge in [0, 0.05) is 27.7 Å². The molecule has 0 aromatic rings. The van der Waals surface area contributed by atoms with Crippen LogP contribution in [0.1, 0.15) is 98.8 Å². The van der Waals surface area contributed by atoms with Crippen LogP contribution >= 0.6 is 0 Å². The molecule has 0 bridgehead atoms. The first-order valence-electron chi connectivity index (χ1n) is 26.0. The van der Waals surface area contributed by atoms with Crippen LogP contribution in [0.2, 0.25) is 0 Å². The first-order chi connectivity index (χ1) is 36.9. The first-order valence-corrected chi connectivity index (χ1v) is 27.3. The van der Waals surface area contributed by atoms with Crippen LogP contribution < -0.4 is 50.8 Å². The molecular weight excluding hydrogens is 1090 g/mol. The van der Waals surface area contributed by atoms with Crippen LogP contribution in [-0.4, -0.2) is 232 Å². The standard InChI is InChI=1S/C48H80N4O25S.Na/c1-6-7-8-9-10-11-12-13-14-15-16-17-18-19-32(59)52-34-38(61)37(60)30(22-69-27(5)58)74-46(34)75-42-28(20-53)72-47(35(40(42)63)50-25(3)56)76-43-29(21-54)73-48(36(41(43)64)51-26(4)57)77-44-31(23-70-78(66,67)68)71-45(65)33(39(44)62)49-24(2)55;/h11-12,18-19,28-31,33-48,53-54,60-65H,6-10,13-17,20-23H2,1-5H3,(H,49,55)(H,50,56)(H,51,57)(H,52,59)(H,66,67,68);/q;+1/p-1/b12-11-,19-18+;/t28?,29?,30?,31?,33?,34?,35?,36?,37-,38-,39?,40?,41-,42-,43-,44-,45-,46+,47+,48+;/m1./s1. The fourth-order valence-electron chi connectivity index (χ4n) is 9.29. The average Bonchev–Trinajstić information content (AvgIpc) is 3.43. The van der Waals surface area contributed by atoms with Crippen molar-refractivity contribution < 1.29 is 149 Å². The normalized spacial score (nSPS) is 35.1. The van der Waals surface area contributed by atoms with E-state index in [1.54, 1.807) is 6.08 Å². The van der Waals surface area contributed by atoms with Gasteiger partial charge in [-0.15, -0.1) is 0 Å². The summed E-state index contributed by atoms with van der Waals surface area (Å²) >= 11 is 0. The third kappa shape index (κ3) is 22.0. The number of esters is 1. The summed E-state index contributed by atoms with van der Waals surface area (Å²) in [6.45, 7) is 2.51. The zero-order chi connectivity index (χ0) is 57.9. The molecule has 0 aromatic carbocycles. The van der Waals surface area contributed by atoms with Gasteiger partial charge in [0.05, 0.1) is 19.8 Å². The summed E-state index contributed by atoms with van der Waals surface area (Å²) in [5, 5.41) is 99.2. The molecule has 31 heteroatoms. The molecule has 4 heterocycles. The molecule has 4 aliphatic heterocycles. The summed E-state index contributed by atoms with van der Waals surface area (Å²) < 4.78 is 84.9. The van der Waals surface area contributed by atoms with Crippen molar-refractivity contribution in [3.8, 4) is 0 Å². The molecule has 10 unspecified atom stereocenters. The van der Waals surface area contributed by atoms with Gasteiger partial charge in [-0.3, -0.25) is 28.2 Å². The molecular formula is C48H79N4NaO25S. The van der Waals surface area contributed by atoms with Crippen molar-refractivity contribution in [2.45, 2.75) is 221 Å². The minimum Gasteiger partial charge on any atom is -0.726 e. The van der Waals surface area contributed by atoms with Crippen molar-refractivity contribution in [1.82, 2.24) is 21.3 Å². The Kier molecular flexibility index (Phi) is 30.9. The maximum absolute atomic E-state index is 13.3. The number of ether oxygens (including phenoxy) is 8. The molecule has 79 heavy (non-hydrogen) atoms. The molecule has 4 saturated heterocycles. The number of hydrogen-bond acceptors (Lipinski definition) is 25. The Labute approximate surface area is 480 Å². The predicted octanol–water partition coefficient (Wildman–Crippen LogP) is -7.10. The molecule has 0 aromatic heterocycles. The van der Waals surface area contributed by atoms with E-state index in [4.69, 9.17) is 37.9 Å². The number of aliphatic hydroxyl groups excluding tert-OH is 8. The van der Waals surface area contributed by atoms with E-state index in [9.17, 15) is 77.8 Å². The summed E-state index contributed by atoms with van der Waals surface area (Å²) in [6.07, 6.45) is -12.4. The zero-order valence-corrected chi connectivity index (χ0v) is 48.0. The summed E-state index contributed by atoms with van der Waals surface area (Å²) in [4.78, 5) is 62.4. The topological polar surface area (TPSA) is 436 Å². The molecule has 4 rings (SSSR count). The smallest absolute Gasteiger partial charge is 0.726 e. The van der Waals surface area contributed by atoms with Gasteiger partial charge in [0.1, 0.15) is 104 Å². The Hall–Kier alpha value is -2.90. The van der Waals surface area contributed by atoms with Crippen LogP contribution in [0.5, 0.6) is 0 Å². The van der Waals surface area contributed by atoms with Gasteiger partial charge in [-0.25, -0.2) is 8.42 Å². The average molecular weight is 1170 g/mol. The largest absolute Gasteiger partial charge is 1.00 e. The molecule has 448 valence electrons. The molecule has 4 fully saturated rings. The first kappa shape index (κ1) is 70.4. The number of carbonyl (C=O) groups excluding carboxylic acids is 5. The second kappa shape index (κ2) is 34.6. The SMILES string of the molecule is CCCCCC/C=C\CCCCC/C=C/C(=O)NC1[C@H](O[C@@H]2C(CO)O[C@@H](O[C@@H]3C(CO)O[C@@H](O[C@@H]4C(COS(=O)(=O)[O-])O[C@@H](O)C(NC(C)=O)C4O)C(NC(C)=O)[C@H]3O)C(NC(C)=O)C2O)OC(COC(C)=O)[C@@H](O)[C@@H]1O.[Na+]. The minimum absolute atomic E-state index is 0. The molecule has 0 spiro atoms. The van der Waals surface area contributed by atoms with Gasteiger partial charge in [-0.1, -0.05) is 50.8 Å². The van der Waals surface area contributed by atoms with Gasteiger partial charge >= 0.3 is 35.5 Å². The number of carbonyl (C=O) groups is 5. The number of rotatable bonds is 29. The van der Waals surface area contributed by atoms with E-state index in [0.717, 1.165) is 59.8 Å². The van der Waals surface area contributed by atoms with E-state index in [1.165, 1.54) is 31.8 Å². The summed E-state index contributed by atoms with van der Waals surface area (Å²) in [7, 11) is -5.41. The van der Waals surface area contributed by atoms with Crippen molar-refractivity contribution in [2.24, 2.45) is 0 Å². The van der Waals surface area contributed by atoms with Crippen LogP contribution in [0.25, 0.3) is 0 Å². The molecule has 0 saturated carbocycles. The van der Waals surface area contributed by atoms with Crippen LogP contribution in [0.4, 0.5) is 0 Å². The molecule has 0 aliphatic carbocycles. The fourth-order valence-corrected chi connectivity index (χ4v) is 9.59. The number of aliphatic hydroxyl groups is 8. The van der Waals surface area contributed by atoms with Gasteiger partial charge in [0.2, 0.25) is 34.0 Å². The number of amides is 4. The van der Waals surface area contributed by atoms with Crippen molar-refractivity contribution in [1.29, 1.82) is 0 Å². The minimum atomic E-state index is -5.41. The number of hydrogen-bond donors (Lipinski definition) is 12. The van der Waals surface area contributed by atoms with Crippen LogP contribution in [0.3, 0.4) is 0 Å². The van der Waals surface area contributed by atoms with Gasteiger partial charge in [0.15, 0.2) is 25.2 Å². The monoisotopic (exact) mass is 1170 g/mol. The van der Waals surface area contributed by atoms with E-state index in [0.29, 0.717) is 6.42 Å². The van der Waals surface area contributed by atoms with E-state index < -0.39 is 189 Å². The van der Waals surface area contributed by atoms with E-state index >= 15 is 0 Å². The maximum atomic E-state index is 13.3. The molecule has 12 N–H and O–H groups in total. The van der Waals surface area contributed by atoms with Crippen molar-refractivity contribution >= 4 is 40.0 Å². The van der Waals surface area contributed by atoms with Gasteiger partial charge in [0.25, 0.3) is 0 Å². The third-order valence-electron chi connectivity index (χ3n) is 13.1. The van der Waals surface area contributed by atoms with Gasteiger partial charge in [-0.2, -0.15) is 0 Å². The van der Waals surface area contributed by atoms with Crippen molar-refractivity contribution in [3.63, 3.8) is 0 Å². The molecule has 20 atom stereocenters. The quantitative estimate of drug-likeness (QED) is 0.00630. The second-order valence-electron chi connectivity index (χ2n) is 19.4. The fraction of sp³-hybridized carbons (Fsp3) is 0.812. The Bertz CT molecular complexity index is 2080. The van der Waals surface area contributed by atoms with Crippen LogP contribution in [-0.2, 0) is 76.4 Å². The van der Waals surface area contributed by atoms with Crippen LogP contribution in [0.15, 0.2) is 24.3 Å². The van der Waals surface area contributed by atoms with E-state index in [-0.39, 0.29) is 29.6 Å². The predicted molar refractivity (Wildman–Crippen MR) is 263 cm³/mol. The second-order valence-corrected chi connectivity index (χ2v) is 20.4. The number of unbranched alkanes of at least 4 members (excludes halogenated alkanes) is 8. The third-order valence-corrected chi connectivity index (χ3v) is 13.5. The molecule has 4 aliphatic rings. The van der Waals surface area contributed by atoms with Gasteiger partial charge < -0.3 is 105 Å². The Morgan fingerprint density at radius 3 is 1.39 bits per heavy atom. The Morgan fingerprint density at radius 2 is 0.949 bits per heavy atom. The van der Waals surface area contributed by atoms with Crippen molar-refractivity contribution in [2.75, 3.05) is 26.4 Å².